The van der Waals surface area contributed by atoms with Crippen molar-refractivity contribution in [2.75, 3.05) is 20.8 Å². The Bertz CT molecular complexity index is 417. The molecular formula is C13H17NO3. The summed E-state index contributed by atoms with van der Waals surface area (Å²) in [5.74, 6) is 2.01. The molecule has 2 rings (SSSR count). The van der Waals surface area contributed by atoms with Gasteiger partial charge in [0.2, 0.25) is 5.91 Å². The molecule has 1 aromatic rings. The van der Waals surface area contributed by atoms with Crippen LogP contribution < -0.4 is 14.8 Å². The predicted molar refractivity (Wildman–Crippen MR) is 64.4 cm³/mol. The van der Waals surface area contributed by atoms with Gasteiger partial charge in [-0.15, -0.1) is 0 Å². The van der Waals surface area contributed by atoms with Crippen LogP contribution in [0.2, 0.25) is 0 Å². The van der Waals surface area contributed by atoms with Crippen molar-refractivity contribution >= 4 is 5.91 Å². The summed E-state index contributed by atoms with van der Waals surface area (Å²) in [7, 11) is 3.25. The van der Waals surface area contributed by atoms with Gasteiger partial charge in [0.25, 0.3) is 0 Å². The first-order valence-corrected chi connectivity index (χ1v) is 5.70. The molecular weight excluding hydrogens is 218 g/mol. The van der Waals surface area contributed by atoms with Gasteiger partial charge in [-0.3, -0.25) is 4.79 Å². The molecule has 4 heteroatoms. The van der Waals surface area contributed by atoms with E-state index in [1.54, 1.807) is 14.2 Å². The lowest BCUT2D eigenvalue weighted by atomic mass is 9.98. The zero-order valence-corrected chi connectivity index (χ0v) is 10.2. The van der Waals surface area contributed by atoms with E-state index < -0.39 is 0 Å². The van der Waals surface area contributed by atoms with Gasteiger partial charge < -0.3 is 14.8 Å². The molecule has 1 saturated heterocycles. The van der Waals surface area contributed by atoms with Crippen LogP contribution in [-0.2, 0) is 11.2 Å². The maximum absolute atomic E-state index is 11.1. The fraction of sp³-hybridized carbons (Fsp3) is 0.462. The molecule has 92 valence electrons. The van der Waals surface area contributed by atoms with Gasteiger partial charge in [0.15, 0.2) is 11.5 Å². The fourth-order valence-corrected chi connectivity index (χ4v) is 2.15. The van der Waals surface area contributed by atoms with Gasteiger partial charge in [0.1, 0.15) is 0 Å². The highest BCUT2D eigenvalue weighted by Gasteiger charge is 2.21. The Hall–Kier alpha value is -1.71. The highest BCUT2D eigenvalue weighted by molar-refractivity contribution is 5.78. The summed E-state index contributed by atoms with van der Waals surface area (Å²) in [6.07, 6.45) is 1.51. The summed E-state index contributed by atoms with van der Waals surface area (Å²) in [6.45, 7) is 0.771. The van der Waals surface area contributed by atoms with E-state index in [2.05, 4.69) is 5.32 Å². The molecule has 0 radical (unpaired) electrons. The Kier molecular flexibility index (Phi) is 3.52. The highest BCUT2D eigenvalue weighted by atomic mass is 16.5. The second kappa shape index (κ2) is 5.08. The van der Waals surface area contributed by atoms with Crippen LogP contribution in [0.5, 0.6) is 11.5 Å². The molecule has 1 aliphatic rings. The summed E-state index contributed by atoms with van der Waals surface area (Å²) in [5, 5.41) is 2.85. The zero-order chi connectivity index (χ0) is 12.3. The molecule has 1 unspecified atom stereocenters. The van der Waals surface area contributed by atoms with Crippen LogP contribution in [0.1, 0.15) is 12.0 Å². The lowest BCUT2D eigenvalue weighted by Gasteiger charge is -2.11. The molecule has 4 nitrogen and oxygen atoms in total. The number of rotatable bonds is 4. The second-order valence-electron chi connectivity index (χ2n) is 4.27. The molecule has 1 amide bonds. The first-order chi connectivity index (χ1) is 8.22. The largest absolute Gasteiger partial charge is 0.493 e. The minimum absolute atomic E-state index is 0.149. The summed E-state index contributed by atoms with van der Waals surface area (Å²) < 4.78 is 10.4. The Morgan fingerprint density at radius 1 is 1.29 bits per heavy atom. The lowest BCUT2D eigenvalue weighted by Crippen LogP contribution is -2.14. The summed E-state index contributed by atoms with van der Waals surface area (Å²) in [5.41, 5.74) is 1.17. The van der Waals surface area contributed by atoms with Crippen LogP contribution in [0.25, 0.3) is 0 Å². The molecule has 0 bridgehead atoms. The average Bonchev–Trinajstić information content (AvgIpc) is 2.74. The van der Waals surface area contributed by atoms with Crippen molar-refractivity contribution in [1.29, 1.82) is 0 Å². The van der Waals surface area contributed by atoms with Crippen molar-refractivity contribution in [1.82, 2.24) is 5.32 Å². The third kappa shape index (κ3) is 2.70. The van der Waals surface area contributed by atoms with Gasteiger partial charge in [0.05, 0.1) is 14.2 Å². The number of carbonyl (C=O) groups is 1. The Morgan fingerprint density at radius 2 is 2.06 bits per heavy atom. The smallest absolute Gasteiger partial charge is 0.220 e. The van der Waals surface area contributed by atoms with Crippen LogP contribution in [0.3, 0.4) is 0 Å². The van der Waals surface area contributed by atoms with Crippen molar-refractivity contribution in [2.24, 2.45) is 5.92 Å². The maximum Gasteiger partial charge on any atom is 0.220 e. The fourth-order valence-electron chi connectivity index (χ4n) is 2.15. The van der Waals surface area contributed by atoms with E-state index in [1.807, 2.05) is 18.2 Å². The van der Waals surface area contributed by atoms with Crippen LogP contribution in [0.15, 0.2) is 18.2 Å². The SMILES string of the molecule is COc1ccc(CC2CNC(=O)C2)cc1OC. The van der Waals surface area contributed by atoms with Crippen molar-refractivity contribution < 1.29 is 14.3 Å². The van der Waals surface area contributed by atoms with E-state index in [0.717, 1.165) is 24.5 Å². The number of nitrogens with one attached hydrogen (secondary N) is 1. The number of benzene rings is 1. The molecule has 0 saturated carbocycles. The monoisotopic (exact) mass is 235 g/mol. The Labute approximate surface area is 101 Å². The predicted octanol–water partition coefficient (Wildman–Crippen LogP) is 1.38. The molecule has 0 spiro atoms. The Morgan fingerprint density at radius 3 is 2.65 bits per heavy atom. The number of hydrogen-bond donors (Lipinski definition) is 1. The molecule has 1 heterocycles. The molecule has 0 aliphatic carbocycles. The number of amides is 1. The standard InChI is InChI=1S/C13H17NO3/c1-16-11-4-3-9(6-12(11)17-2)5-10-7-13(15)14-8-10/h3-4,6,10H,5,7-8H2,1-2H3,(H,14,15). The number of ether oxygens (including phenoxy) is 2. The second-order valence-corrected chi connectivity index (χ2v) is 4.27. The van der Waals surface area contributed by atoms with E-state index in [-0.39, 0.29) is 5.91 Å². The third-order valence-electron chi connectivity index (χ3n) is 3.03. The van der Waals surface area contributed by atoms with Gasteiger partial charge in [-0.1, -0.05) is 6.07 Å². The third-order valence-corrected chi connectivity index (χ3v) is 3.03. The van der Waals surface area contributed by atoms with Crippen molar-refractivity contribution in [3.05, 3.63) is 23.8 Å². The van der Waals surface area contributed by atoms with Crippen molar-refractivity contribution in [2.45, 2.75) is 12.8 Å². The van der Waals surface area contributed by atoms with E-state index >= 15 is 0 Å². The molecule has 1 aromatic carbocycles. The molecule has 1 N–H and O–H groups in total. The number of methoxy groups -OCH3 is 2. The average molecular weight is 235 g/mol. The first kappa shape index (κ1) is 11.8. The lowest BCUT2D eigenvalue weighted by molar-refractivity contribution is -0.119. The topological polar surface area (TPSA) is 47.6 Å². The molecule has 17 heavy (non-hydrogen) atoms. The van der Waals surface area contributed by atoms with Crippen LogP contribution >= 0.6 is 0 Å². The van der Waals surface area contributed by atoms with Crippen LogP contribution in [-0.4, -0.2) is 26.7 Å². The van der Waals surface area contributed by atoms with Gasteiger partial charge in [0, 0.05) is 13.0 Å². The molecule has 1 fully saturated rings. The van der Waals surface area contributed by atoms with E-state index in [4.69, 9.17) is 9.47 Å². The molecule has 1 atom stereocenters. The summed E-state index contributed by atoms with van der Waals surface area (Å²) >= 11 is 0. The van der Waals surface area contributed by atoms with Gasteiger partial charge in [-0.2, -0.15) is 0 Å². The summed E-state index contributed by atoms with van der Waals surface area (Å²) in [6, 6.07) is 5.89. The number of hydrogen-bond acceptors (Lipinski definition) is 3. The highest BCUT2D eigenvalue weighted by Crippen LogP contribution is 2.29. The van der Waals surface area contributed by atoms with Crippen LogP contribution in [0.4, 0.5) is 0 Å². The number of carbonyl (C=O) groups excluding carboxylic acids is 1. The van der Waals surface area contributed by atoms with Gasteiger partial charge >= 0.3 is 0 Å². The van der Waals surface area contributed by atoms with E-state index in [9.17, 15) is 4.79 Å². The van der Waals surface area contributed by atoms with Crippen molar-refractivity contribution in [3.8, 4) is 11.5 Å². The maximum atomic E-state index is 11.1. The van der Waals surface area contributed by atoms with Gasteiger partial charge in [-0.05, 0) is 30.0 Å². The molecule has 1 aliphatic heterocycles. The van der Waals surface area contributed by atoms with E-state index in [0.29, 0.717) is 12.3 Å². The normalized spacial score (nSPS) is 18.9. The quantitative estimate of drug-likeness (QED) is 0.857. The van der Waals surface area contributed by atoms with E-state index in [1.165, 1.54) is 5.56 Å². The summed E-state index contributed by atoms with van der Waals surface area (Å²) in [4.78, 5) is 11.1. The van der Waals surface area contributed by atoms with Crippen molar-refractivity contribution in [3.63, 3.8) is 0 Å². The minimum Gasteiger partial charge on any atom is -0.493 e. The first-order valence-electron chi connectivity index (χ1n) is 5.70. The van der Waals surface area contributed by atoms with Crippen LogP contribution in [0, 0.1) is 5.92 Å². The zero-order valence-electron chi connectivity index (χ0n) is 10.2. The molecule has 0 aromatic heterocycles. The Balaban J connectivity index is 2.08. The van der Waals surface area contributed by atoms with Gasteiger partial charge in [-0.25, -0.2) is 0 Å². The minimum atomic E-state index is 0.149.